The van der Waals surface area contributed by atoms with Crippen LogP contribution >= 0.6 is 12.2 Å². The quantitative estimate of drug-likeness (QED) is 0.880. The normalized spacial score (nSPS) is 11.7. The van der Waals surface area contributed by atoms with E-state index in [2.05, 4.69) is 29.3 Å². The lowest BCUT2D eigenvalue weighted by Gasteiger charge is -2.06. The minimum Gasteiger partial charge on any atom is -0.361 e. The summed E-state index contributed by atoms with van der Waals surface area (Å²) in [6, 6.07) is 11.8. The van der Waals surface area contributed by atoms with Crippen LogP contribution in [0.1, 0.15) is 13.8 Å². The van der Waals surface area contributed by atoms with E-state index in [9.17, 15) is 0 Å². The Morgan fingerprint density at radius 1 is 1.30 bits per heavy atom. The van der Waals surface area contributed by atoms with Crippen LogP contribution in [-0.4, -0.2) is 21.4 Å². The molecule has 0 unspecified atom stereocenters. The van der Waals surface area contributed by atoms with Crippen LogP contribution in [-0.2, 0) is 0 Å². The molecule has 1 aromatic carbocycles. The molecule has 0 saturated heterocycles. The highest BCUT2D eigenvalue weighted by atomic mass is 32.1. The van der Waals surface area contributed by atoms with Crippen molar-refractivity contribution in [3.05, 3.63) is 54.1 Å². The Labute approximate surface area is 124 Å². The van der Waals surface area contributed by atoms with Gasteiger partial charge >= 0.3 is 0 Å². The van der Waals surface area contributed by atoms with Crippen LogP contribution in [0.15, 0.2) is 53.8 Å². The van der Waals surface area contributed by atoms with Gasteiger partial charge in [0.2, 0.25) is 0 Å². The lowest BCUT2D eigenvalue weighted by Crippen LogP contribution is -2.26. The van der Waals surface area contributed by atoms with E-state index >= 15 is 0 Å². The van der Waals surface area contributed by atoms with E-state index < -0.39 is 0 Å². The number of hydrogen-bond acceptors (Lipinski definition) is 2. The highest BCUT2D eigenvalue weighted by Crippen LogP contribution is 2.02. The van der Waals surface area contributed by atoms with Crippen molar-refractivity contribution in [2.24, 2.45) is 10.9 Å². The molecule has 2 rings (SSSR count). The van der Waals surface area contributed by atoms with Crippen LogP contribution in [0.5, 0.6) is 0 Å². The van der Waals surface area contributed by atoms with E-state index in [4.69, 9.17) is 12.2 Å². The van der Waals surface area contributed by atoms with Crippen molar-refractivity contribution >= 4 is 17.3 Å². The van der Waals surface area contributed by atoms with E-state index in [1.54, 1.807) is 10.9 Å². The van der Waals surface area contributed by atoms with E-state index in [1.807, 2.05) is 42.6 Å². The molecule has 20 heavy (non-hydrogen) atoms. The molecule has 1 N–H and O–H groups in total. The summed E-state index contributed by atoms with van der Waals surface area (Å²) in [6.45, 7) is 5.08. The third-order valence-corrected chi connectivity index (χ3v) is 2.85. The molecule has 0 spiro atoms. The van der Waals surface area contributed by atoms with Gasteiger partial charge in [0, 0.05) is 12.7 Å². The van der Waals surface area contributed by atoms with Crippen LogP contribution in [0, 0.1) is 5.92 Å². The highest BCUT2D eigenvalue weighted by molar-refractivity contribution is 7.80. The van der Waals surface area contributed by atoms with Gasteiger partial charge in [0.15, 0.2) is 5.11 Å². The number of rotatable bonds is 3. The number of aromatic nitrogens is 2. The average molecular weight is 286 g/mol. The maximum atomic E-state index is 5.17. The van der Waals surface area contributed by atoms with Gasteiger partial charge in [-0.1, -0.05) is 32.0 Å². The molecule has 0 bridgehead atoms. The SMILES string of the molecule is CC(C)CNC(=S)/N=c1\ccn(-c2ccccc2)nc1. The molecule has 2 aromatic rings. The first kappa shape index (κ1) is 14.4. The molecule has 0 atom stereocenters. The first-order valence-electron chi connectivity index (χ1n) is 6.58. The molecule has 1 heterocycles. The van der Waals surface area contributed by atoms with Crippen LogP contribution in [0.3, 0.4) is 0 Å². The van der Waals surface area contributed by atoms with Gasteiger partial charge < -0.3 is 5.32 Å². The predicted octanol–water partition coefficient (Wildman–Crippen LogP) is 2.30. The molecule has 0 amide bonds. The minimum absolute atomic E-state index is 0.498. The Morgan fingerprint density at radius 3 is 2.65 bits per heavy atom. The van der Waals surface area contributed by atoms with Crippen LogP contribution in [0.25, 0.3) is 5.69 Å². The Kier molecular flexibility index (Phi) is 5.01. The second-order valence-corrected chi connectivity index (χ2v) is 5.24. The fourth-order valence-corrected chi connectivity index (χ4v) is 1.79. The monoisotopic (exact) mass is 286 g/mol. The van der Waals surface area contributed by atoms with Gasteiger partial charge in [-0.05, 0) is 36.3 Å². The Hall–Kier alpha value is -2.01. The third-order valence-electron chi connectivity index (χ3n) is 2.61. The smallest absolute Gasteiger partial charge is 0.193 e. The third kappa shape index (κ3) is 4.28. The summed E-state index contributed by atoms with van der Waals surface area (Å²) >= 11 is 5.17. The lowest BCUT2D eigenvalue weighted by molar-refractivity contribution is 0.625. The van der Waals surface area contributed by atoms with Crippen LogP contribution in [0.4, 0.5) is 0 Å². The molecular weight excluding hydrogens is 268 g/mol. The number of nitrogens with one attached hydrogen (secondary N) is 1. The van der Waals surface area contributed by atoms with Gasteiger partial charge in [0.05, 0.1) is 17.2 Å². The number of hydrogen-bond donors (Lipinski definition) is 1. The molecule has 0 fully saturated rings. The summed E-state index contributed by atoms with van der Waals surface area (Å²) < 4.78 is 1.80. The summed E-state index contributed by atoms with van der Waals surface area (Å²) in [6.07, 6.45) is 3.58. The Bertz CT molecular complexity index is 611. The van der Waals surface area contributed by atoms with Crippen molar-refractivity contribution in [3.8, 4) is 5.69 Å². The summed E-state index contributed by atoms with van der Waals surface area (Å²) in [7, 11) is 0. The van der Waals surface area contributed by atoms with E-state index in [0.29, 0.717) is 11.0 Å². The summed E-state index contributed by atoms with van der Waals surface area (Å²) in [5.41, 5.74) is 1.01. The van der Waals surface area contributed by atoms with Crippen molar-refractivity contribution in [1.82, 2.24) is 15.1 Å². The maximum absolute atomic E-state index is 5.17. The zero-order valence-electron chi connectivity index (χ0n) is 11.7. The number of para-hydroxylation sites is 1. The summed E-state index contributed by atoms with van der Waals surface area (Å²) in [5.74, 6) is 0.539. The first-order chi connectivity index (χ1) is 9.65. The highest BCUT2D eigenvalue weighted by Gasteiger charge is 1.96. The molecule has 1 aromatic heterocycles. The largest absolute Gasteiger partial charge is 0.361 e. The zero-order chi connectivity index (χ0) is 14.4. The van der Waals surface area contributed by atoms with Gasteiger partial charge in [0.25, 0.3) is 0 Å². The van der Waals surface area contributed by atoms with Crippen molar-refractivity contribution in [3.63, 3.8) is 0 Å². The van der Waals surface area contributed by atoms with Gasteiger partial charge in [-0.25, -0.2) is 9.67 Å². The minimum atomic E-state index is 0.498. The van der Waals surface area contributed by atoms with E-state index in [1.165, 1.54) is 0 Å². The number of nitrogens with zero attached hydrogens (tertiary/aromatic N) is 3. The van der Waals surface area contributed by atoms with Crippen molar-refractivity contribution in [1.29, 1.82) is 0 Å². The summed E-state index contributed by atoms with van der Waals surface area (Å²) in [5, 5.41) is 8.69. The fraction of sp³-hybridized carbons (Fsp3) is 0.267. The van der Waals surface area contributed by atoms with Gasteiger partial charge in [-0.2, -0.15) is 5.10 Å². The average Bonchev–Trinajstić information content (AvgIpc) is 2.47. The molecule has 0 radical (unpaired) electrons. The van der Waals surface area contributed by atoms with Crippen molar-refractivity contribution in [2.75, 3.05) is 6.54 Å². The summed E-state index contributed by atoms with van der Waals surface area (Å²) in [4.78, 5) is 4.31. The molecule has 0 aliphatic carbocycles. The molecule has 5 heteroatoms. The number of thiocarbonyl (C=S) groups is 1. The standard InChI is InChI=1S/C15H18N4S/c1-12(2)10-16-15(20)18-13-8-9-19(17-11-13)14-6-4-3-5-7-14/h3-9,11-12H,10H2,1-2H3,(H,16,20)/b18-13+. The molecule has 0 aliphatic heterocycles. The maximum Gasteiger partial charge on any atom is 0.193 e. The fourth-order valence-electron chi connectivity index (χ4n) is 1.60. The molecule has 0 aliphatic rings. The molecule has 104 valence electrons. The van der Waals surface area contributed by atoms with Crippen LogP contribution < -0.4 is 10.7 Å². The van der Waals surface area contributed by atoms with Gasteiger partial charge in [0.1, 0.15) is 0 Å². The second-order valence-electron chi connectivity index (χ2n) is 4.86. The molecular formula is C15H18N4S. The van der Waals surface area contributed by atoms with Crippen LogP contribution in [0.2, 0.25) is 0 Å². The topological polar surface area (TPSA) is 42.2 Å². The second kappa shape index (κ2) is 6.96. The predicted molar refractivity (Wildman–Crippen MR) is 84.6 cm³/mol. The number of benzene rings is 1. The van der Waals surface area contributed by atoms with Gasteiger partial charge in [-0.15, -0.1) is 0 Å². The van der Waals surface area contributed by atoms with Crippen molar-refractivity contribution in [2.45, 2.75) is 13.8 Å². The van der Waals surface area contributed by atoms with Gasteiger partial charge in [-0.3, -0.25) is 0 Å². The molecule has 4 nitrogen and oxygen atoms in total. The molecule has 0 saturated carbocycles. The van der Waals surface area contributed by atoms with E-state index in [-0.39, 0.29) is 0 Å². The lowest BCUT2D eigenvalue weighted by atomic mass is 10.2. The Balaban J connectivity index is 2.10. The van der Waals surface area contributed by atoms with Crippen molar-refractivity contribution < 1.29 is 0 Å². The van der Waals surface area contributed by atoms with E-state index in [0.717, 1.165) is 17.6 Å². The first-order valence-corrected chi connectivity index (χ1v) is 6.99. The Morgan fingerprint density at radius 2 is 2.05 bits per heavy atom. The zero-order valence-corrected chi connectivity index (χ0v) is 12.5.